The monoisotopic (exact) mass is 506 g/mol. The summed E-state index contributed by atoms with van der Waals surface area (Å²) in [5.74, 6) is 0.519. The minimum Gasteiger partial charge on any atom is -0.341 e. The molecule has 37 heavy (non-hydrogen) atoms. The zero-order chi connectivity index (χ0) is 25.6. The van der Waals surface area contributed by atoms with Gasteiger partial charge in [0.1, 0.15) is 5.37 Å². The lowest BCUT2D eigenvalue weighted by Gasteiger charge is -2.24. The van der Waals surface area contributed by atoms with Crippen LogP contribution < -0.4 is 5.32 Å². The number of nitrogens with zero attached hydrogens (tertiary/aromatic N) is 1. The molecule has 186 valence electrons. The van der Waals surface area contributed by atoms with E-state index in [0.29, 0.717) is 17.9 Å². The maximum atomic E-state index is 13.3. The molecule has 0 aliphatic carbocycles. The van der Waals surface area contributed by atoms with Crippen LogP contribution in [-0.4, -0.2) is 29.0 Å². The Kier molecular flexibility index (Phi) is 7.71. The Bertz CT molecular complexity index is 1340. The minimum atomic E-state index is -0.245. The smallest absolute Gasteiger partial charge is 0.252 e. The Morgan fingerprint density at radius 1 is 0.865 bits per heavy atom. The normalized spacial score (nSPS) is 16.0. The van der Waals surface area contributed by atoms with Gasteiger partial charge < -0.3 is 10.2 Å². The van der Waals surface area contributed by atoms with Gasteiger partial charge in [-0.2, -0.15) is 0 Å². The molecule has 0 bridgehead atoms. The van der Waals surface area contributed by atoms with Crippen molar-refractivity contribution in [3.8, 4) is 0 Å². The van der Waals surface area contributed by atoms with Gasteiger partial charge in [-0.3, -0.25) is 9.59 Å². The number of hydrogen-bond acceptors (Lipinski definition) is 3. The molecule has 4 aromatic carbocycles. The van der Waals surface area contributed by atoms with E-state index in [2.05, 4.69) is 48.6 Å². The van der Waals surface area contributed by atoms with E-state index in [9.17, 15) is 9.59 Å². The number of benzene rings is 4. The lowest BCUT2D eigenvalue weighted by atomic mass is 9.97. The summed E-state index contributed by atoms with van der Waals surface area (Å²) in [7, 11) is 0. The van der Waals surface area contributed by atoms with E-state index >= 15 is 0 Å². The molecule has 0 aromatic heterocycles. The number of rotatable bonds is 8. The fourth-order valence-corrected chi connectivity index (χ4v) is 5.86. The first-order chi connectivity index (χ1) is 18.1. The lowest BCUT2D eigenvalue weighted by molar-refractivity contribution is -0.128. The Labute approximate surface area is 222 Å². The van der Waals surface area contributed by atoms with Crippen LogP contribution in [0, 0.1) is 6.92 Å². The largest absolute Gasteiger partial charge is 0.341 e. The van der Waals surface area contributed by atoms with Gasteiger partial charge in [-0.25, -0.2) is 0 Å². The topological polar surface area (TPSA) is 49.4 Å². The van der Waals surface area contributed by atoms with Crippen molar-refractivity contribution in [2.24, 2.45) is 0 Å². The second-order valence-electron chi connectivity index (χ2n) is 9.34. The van der Waals surface area contributed by atoms with Crippen LogP contribution in [0.5, 0.6) is 0 Å². The molecule has 1 aliphatic heterocycles. The quantitative estimate of drug-likeness (QED) is 0.304. The summed E-state index contributed by atoms with van der Waals surface area (Å²) in [6, 6.07) is 36.0. The molecular weight excluding hydrogens is 476 g/mol. The summed E-state index contributed by atoms with van der Waals surface area (Å²) in [6.45, 7) is 2.73. The maximum Gasteiger partial charge on any atom is 0.252 e. The van der Waals surface area contributed by atoms with Gasteiger partial charge in [0.2, 0.25) is 5.91 Å². The Balaban J connectivity index is 1.30. The van der Waals surface area contributed by atoms with Crippen molar-refractivity contribution in [3.05, 3.63) is 143 Å². The fourth-order valence-electron chi connectivity index (χ4n) is 4.64. The SMILES string of the molecule is Cc1ccc([C@@H](NC(=O)c2ccc([C@H]3SCC(=O)N3CCc3ccccc3)cc2)c2ccccc2)cc1. The van der Waals surface area contributed by atoms with Crippen molar-refractivity contribution in [1.82, 2.24) is 10.2 Å². The molecule has 0 radical (unpaired) electrons. The molecule has 1 fully saturated rings. The van der Waals surface area contributed by atoms with Gasteiger partial charge in [0.15, 0.2) is 0 Å². The Hall–Kier alpha value is -3.83. The van der Waals surface area contributed by atoms with Crippen molar-refractivity contribution >= 4 is 23.6 Å². The van der Waals surface area contributed by atoms with Crippen molar-refractivity contribution in [3.63, 3.8) is 0 Å². The van der Waals surface area contributed by atoms with Crippen molar-refractivity contribution in [2.45, 2.75) is 24.8 Å². The zero-order valence-corrected chi connectivity index (χ0v) is 21.7. The molecule has 5 rings (SSSR count). The van der Waals surface area contributed by atoms with Gasteiger partial charge in [0.25, 0.3) is 5.91 Å². The van der Waals surface area contributed by atoms with Crippen LogP contribution in [0.4, 0.5) is 0 Å². The van der Waals surface area contributed by atoms with Crippen LogP contribution in [0.2, 0.25) is 0 Å². The fraction of sp³-hybridized carbons (Fsp3) is 0.188. The number of hydrogen-bond donors (Lipinski definition) is 1. The highest BCUT2D eigenvalue weighted by Gasteiger charge is 2.32. The molecule has 1 aliphatic rings. The molecule has 0 spiro atoms. The predicted molar refractivity (Wildman–Crippen MR) is 150 cm³/mol. The lowest BCUT2D eigenvalue weighted by Crippen LogP contribution is -2.30. The summed E-state index contributed by atoms with van der Waals surface area (Å²) in [6.07, 6.45) is 0.823. The first-order valence-corrected chi connectivity index (χ1v) is 13.6. The van der Waals surface area contributed by atoms with Gasteiger partial charge in [0, 0.05) is 12.1 Å². The van der Waals surface area contributed by atoms with Crippen molar-refractivity contribution < 1.29 is 9.59 Å². The van der Waals surface area contributed by atoms with Gasteiger partial charge in [-0.1, -0.05) is 103 Å². The zero-order valence-electron chi connectivity index (χ0n) is 20.8. The van der Waals surface area contributed by atoms with Gasteiger partial charge >= 0.3 is 0 Å². The van der Waals surface area contributed by atoms with Crippen molar-refractivity contribution in [2.75, 3.05) is 12.3 Å². The molecular formula is C32H30N2O2S. The average Bonchev–Trinajstić information content (AvgIpc) is 3.32. The summed E-state index contributed by atoms with van der Waals surface area (Å²) in [4.78, 5) is 27.9. The molecule has 2 atom stereocenters. The van der Waals surface area contributed by atoms with Gasteiger partial charge in [0.05, 0.1) is 11.8 Å². The second-order valence-corrected chi connectivity index (χ2v) is 10.4. The van der Waals surface area contributed by atoms with E-state index in [1.807, 2.05) is 77.7 Å². The standard InChI is InChI=1S/C32H30N2O2S/c1-23-12-14-26(15-13-23)30(25-10-6-3-7-11-25)33-31(36)27-16-18-28(19-17-27)32-34(29(35)22-37-32)21-20-24-8-4-2-5-9-24/h2-19,30,32H,20-22H2,1H3,(H,33,36)/t30-,32+/m0/s1. The molecule has 0 saturated carbocycles. The summed E-state index contributed by atoms with van der Waals surface area (Å²) < 4.78 is 0. The predicted octanol–water partition coefficient (Wildman–Crippen LogP) is 6.33. The highest BCUT2D eigenvalue weighted by molar-refractivity contribution is 8.00. The van der Waals surface area contributed by atoms with Crippen LogP contribution in [0.1, 0.15) is 49.6 Å². The molecule has 1 heterocycles. The number of amides is 2. The minimum absolute atomic E-state index is 0.0297. The first kappa shape index (κ1) is 24.8. The third kappa shape index (κ3) is 5.95. The number of nitrogens with one attached hydrogen (secondary N) is 1. The third-order valence-corrected chi connectivity index (χ3v) is 7.99. The summed E-state index contributed by atoms with van der Waals surface area (Å²) in [5.41, 5.74) is 6.11. The summed E-state index contributed by atoms with van der Waals surface area (Å²) in [5, 5.41) is 3.19. The number of carbonyl (C=O) groups excluding carboxylic acids is 2. The summed E-state index contributed by atoms with van der Waals surface area (Å²) >= 11 is 1.64. The van der Waals surface area contributed by atoms with Crippen LogP contribution in [0.25, 0.3) is 0 Å². The van der Waals surface area contributed by atoms with E-state index in [4.69, 9.17) is 0 Å². The molecule has 2 amide bonds. The van der Waals surface area contributed by atoms with Crippen LogP contribution in [-0.2, 0) is 11.2 Å². The van der Waals surface area contributed by atoms with Crippen LogP contribution >= 0.6 is 11.8 Å². The molecule has 4 aromatic rings. The van der Waals surface area contributed by atoms with Gasteiger partial charge in [-0.05, 0) is 47.7 Å². The van der Waals surface area contributed by atoms with E-state index in [0.717, 1.165) is 23.1 Å². The maximum absolute atomic E-state index is 13.3. The van der Waals surface area contributed by atoms with E-state index in [-0.39, 0.29) is 23.2 Å². The van der Waals surface area contributed by atoms with E-state index in [1.54, 1.807) is 11.8 Å². The second kappa shape index (κ2) is 11.5. The third-order valence-electron chi connectivity index (χ3n) is 6.73. The van der Waals surface area contributed by atoms with Gasteiger partial charge in [-0.15, -0.1) is 11.8 Å². The number of thioether (sulfide) groups is 1. The number of aryl methyl sites for hydroxylation is 1. The molecule has 5 heteroatoms. The molecule has 1 saturated heterocycles. The first-order valence-electron chi connectivity index (χ1n) is 12.6. The van der Waals surface area contributed by atoms with Crippen LogP contribution in [0.3, 0.4) is 0 Å². The van der Waals surface area contributed by atoms with E-state index in [1.165, 1.54) is 11.1 Å². The average molecular weight is 507 g/mol. The highest BCUT2D eigenvalue weighted by Crippen LogP contribution is 2.38. The molecule has 4 nitrogen and oxygen atoms in total. The highest BCUT2D eigenvalue weighted by atomic mass is 32.2. The van der Waals surface area contributed by atoms with Crippen molar-refractivity contribution in [1.29, 1.82) is 0 Å². The Morgan fingerprint density at radius 2 is 1.49 bits per heavy atom. The molecule has 0 unspecified atom stereocenters. The van der Waals surface area contributed by atoms with Crippen LogP contribution in [0.15, 0.2) is 109 Å². The Morgan fingerprint density at radius 3 is 2.16 bits per heavy atom. The number of carbonyl (C=O) groups is 2. The molecule has 1 N–H and O–H groups in total. The van der Waals surface area contributed by atoms with E-state index < -0.39 is 0 Å².